The number of hydrogen-bond donors (Lipinski definition) is 2. The average molecular weight is 272 g/mol. The molecule has 6 nitrogen and oxygen atoms in total. The zero-order valence-electron chi connectivity index (χ0n) is 10.1. The third-order valence-corrected chi connectivity index (χ3v) is 4.23. The van der Waals surface area contributed by atoms with Crippen LogP contribution in [0.1, 0.15) is 29.6 Å². The fourth-order valence-electron chi connectivity index (χ4n) is 1.97. The maximum absolute atomic E-state index is 10.8. The Morgan fingerprint density at radius 2 is 2.33 bits per heavy atom. The number of aliphatic carboxylic acids is 1. The van der Waals surface area contributed by atoms with Crippen molar-refractivity contribution in [3.05, 3.63) is 16.1 Å². The van der Waals surface area contributed by atoms with Gasteiger partial charge in [0, 0.05) is 38.5 Å². The molecule has 1 saturated heterocycles. The molecule has 1 aromatic rings. The van der Waals surface area contributed by atoms with Crippen molar-refractivity contribution >= 4 is 17.3 Å². The molecule has 0 spiro atoms. The summed E-state index contributed by atoms with van der Waals surface area (Å²) in [5.74, 6) is -1.08. The first kappa shape index (κ1) is 13.4. The first-order valence-electron chi connectivity index (χ1n) is 5.66. The summed E-state index contributed by atoms with van der Waals surface area (Å²) in [5.41, 5.74) is 5.47. The second-order valence-electron chi connectivity index (χ2n) is 4.20. The summed E-state index contributed by atoms with van der Waals surface area (Å²) in [4.78, 5) is 15.2. The van der Waals surface area contributed by atoms with Crippen LogP contribution >= 0.6 is 11.3 Å². The second kappa shape index (κ2) is 5.31. The van der Waals surface area contributed by atoms with Crippen molar-refractivity contribution in [3.63, 3.8) is 0 Å². The van der Waals surface area contributed by atoms with Crippen LogP contribution in [-0.2, 0) is 19.9 Å². The number of aromatic nitrogens is 1. The molecular weight excluding hydrogens is 256 g/mol. The molecule has 1 atom stereocenters. The maximum atomic E-state index is 10.8. The number of carboxylic acid groups (broad SMARTS) is 1. The summed E-state index contributed by atoms with van der Waals surface area (Å²) in [6.45, 7) is 1.24. The molecular formula is C11H16N2O4S. The van der Waals surface area contributed by atoms with E-state index in [9.17, 15) is 4.79 Å². The predicted molar refractivity (Wildman–Crippen MR) is 65.4 cm³/mol. The number of nitrogens with zero attached hydrogens (tertiary/aromatic N) is 1. The molecule has 1 unspecified atom stereocenters. The lowest BCUT2D eigenvalue weighted by Gasteiger charge is -2.33. The monoisotopic (exact) mass is 272 g/mol. The minimum absolute atomic E-state index is 0.380. The third kappa shape index (κ3) is 2.39. The van der Waals surface area contributed by atoms with Crippen molar-refractivity contribution in [2.45, 2.75) is 24.5 Å². The van der Waals surface area contributed by atoms with Gasteiger partial charge in [0.2, 0.25) is 0 Å². The summed E-state index contributed by atoms with van der Waals surface area (Å²) in [5, 5.41) is 11.3. The molecule has 1 fully saturated rings. The largest absolute Gasteiger partial charge is 0.480 e. The Kier molecular flexibility index (Phi) is 3.96. The van der Waals surface area contributed by atoms with E-state index in [1.54, 1.807) is 12.5 Å². The van der Waals surface area contributed by atoms with Crippen LogP contribution < -0.4 is 5.73 Å². The Hall–Kier alpha value is -1.02. The number of rotatable bonds is 4. The summed E-state index contributed by atoms with van der Waals surface area (Å²) in [6.07, 6.45) is 1.44. The van der Waals surface area contributed by atoms with Crippen molar-refractivity contribution in [2.75, 3.05) is 20.3 Å². The molecule has 0 radical (unpaired) electrons. The molecule has 100 valence electrons. The Morgan fingerprint density at radius 1 is 1.67 bits per heavy atom. The normalized spacial score (nSPS) is 20.6. The van der Waals surface area contributed by atoms with Crippen LogP contribution in [0.4, 0.5) is 0 Å². The van der Waals surface area contributed by atoms with Gasteiger partial charge in [0.1, 0.15) is 16.7 Å². The molecule has 2 rings (SSSR count). The van der Waals surface area contributed by atoms with Crippen LogP contribution in [-0.4, -0.2) is 36.4 Å². The van der Waals surface area contributed by atoms with Crippen molar-refractivity contribution in [2.24, 2.45) is 5.73 Å². The number of ether oxygens (including phenoxy) is 2. The molecule has 2 heterocycles. The van der Waals surface area contributed by atoms with Gasteiger partial charge in [-0.1, -0.05) is 0 Å². The Balaban J connectivity index is 2.24. The SMILES string of the molecule is COC1(c2nc(C(N)C(=O)O)cs2)CCOCC1. The van der Waals surface area contributed by atoms with Crippen molar-refractivity contribution in [1.82, 2.24) is 4.98 Å². The zero-order chi connectivity index (χ0) is 13.2. The highest BCUT2D eigenvalue weighted by atomic mass is 32.1. The van der Waals surface area contributed by atoms with Gasteiger partial charge < -0.3 is 20.3 Å². The first-order valence-corrected chi connectivity index (χ1v) is 6.54. The van der Waals surface area contributed by atoms with Gasteiger partial charge in [-0.25, -0.2) is 4.98 Å². The van der Waals surface area contributed by atoms with Crippen LogP contribution in [0, 0.1) is 0 Å². The number of carbonyl (C=O) groups is 1. The lowest BCUT2D eigenvalue weighted by molar-refractivity contribution is -0.138. The van der Waals surface area contributed by atoms with Crippen LogP contribution in [0.15, 0.2) is 5.38 Å². The fourth-order valence-corrected chi connectivity index (χ4v) is 3.06. The highest BCUT2D eigenvalue weighted by molar-refractivity contribution is 7.09. The lowest BCUT2D eigenvalue weighted by atomic mass is 9.95. The summed E-state index contributed by atoms with van der Waals surface area (Å²) in [7, 11) is 1.64. The standard InChI is InChI=1S/C11H16N2O4S/c1-16-11(2-4-17-5-3-11)10-13-7(6-18-10)8(12)9(14)15/h6,8H,2-5,12H2,1H3,(H,14,15). The van der Waals surface area contributed by atoms with Crippen LogP contribution in [0.5, 0.6) is 0 Å². The second-order valence-corrected chi connectivity index (χ2v) is 5.06. The Bertz CT molecular complexity index is 428. The smallest absolute Gasteiger partial charge is 0.326 e. The lowest BCUT2D eigenvalue weighted by Crippen LogP contribution is -2.35. The number of carboxylic acids is 1. The van der Waals surface area contributed by atoms with Gasteiger partial charge in [0.15, 0.2) is 0 Å². The molecule has 0 aromatic carbocycles. The molecule has 1 aromatic heterocycles. The quantitative estimate of drug-likeness (QED) is 0.845. The van der Waals surface area contributed by atoms with Crippen molar-refractivity contribution in [1.29, 1.82) is 0 Å². The molecule has 0 bridgehead atoms. The Labute approximate surface area is 109 Å². The summed E-state index contributed by atoms with van der Waals surface area (Å²) < 4.78 is 10.9. The molecule has 1 aliphatic rings. The van der Waals surface area contributed by atoms with E-state index in [1.165, 1.54) is 11.3 Å². The van der Waals surface area contributed by atoms with Crippen LogP contribution in [0.25, 0.3) is 0 Å². The first-order chi connectivity index (χ1) is 8.59. The number of nitrogens with two attached hydrogens (primary N) is 1. The zero-order valence-corrected chi connectivity index (χ0v) is 10.9. The van der Waals surface area contributed by atoms with Gasteiger partial charge in [0.25, 0.3) is 0 Å². The van der Waals surface area contributed by atoms with E-state index in [0.717, 1.165) is 17.8 Å². The minimum Gasteiger partial charge on any atom is -0.480 e. The van der Waals surface area contributed by atoms with Gasteiger partial charge >= 0.3 is 5.97 Å². The summed E-state index contributed by atoms with van der Waals surface area (Å²) >= 11 is 1.39. The molecule has 0 amide bonds. The molecule has 0 saturated carbocycles. The Morgan fingerprint density at radius 3 is 2.89 bits per heavy atom. The van der Waals surface area contributed by atoms with E-state index in [-0.39, 0.29) is 0 Å². The van der Waals surface area contributed by atoms with Gasteiger partial charge in [-0.3, -0.25) is 4.79 Å². The molecule has 7 heteroatoms. The van der Waals surface area contributed by atoms with Gasteiger partial charge in [-0.05, 0) is 0 Å². The predicted octanol–water partition coefficient (Wildman–Crippen LogP) is 0.880. The summed E-state index contributed by atoms with van der Waals surface area (Å²) in [6, 6.07) is -1.08. The topological polar surface area (TPSA) is 94.7 Å². The van der Waals surface area contributed by atoms with Crippen LogP contribution in [0.3, 0.4) is 0 Å². The molecule has 1 aliphatic heterocycles. The third-order valence-electron chi connectivity index (χ3n) is 3.19. The fraction of sp³-hybridized carbons (Fsp3) is 0.636. The van der Waals surface area contributed by atoms with Crippen LogP contribution in [0.2, 0.25) is 0 Å². The van der Waals surface area contributed by atoms with Crippen molar-refractivity contribution in [3.8, 4) is 0 Å². The van der Waals surface area contributed by atoms with E-state index in [2.05, 4.69) is 4.98 Å². The molecule has 3 N–H and O–H groups in total. The minimum atomic E-state index is -1.08. The van der Waals surface area contributed by atoms with Gasteiger partial charge in [-0.2, -0.15) is 0 Å². The molecule has 18 heavy (non-hydrogen) atoms. The number of hydrogen-bond acceptors (Lipinski definition) is 6. The number of thiazole rings is 1. The van der Waals surface area contributed by atoms with E-state index < -0.39 is 17.6 Å². The van der Waals surface area contributed by atoms with Gasteiger partial charge in [-0.15, -0.1) is 11.3 Å². The number of methoxy groups -OCH3 is 1. The van der Waals surface area contributed by atoms with E-state index in [4.69, 9.17) is 20.3 Å². The molecule has 0 aliphatic carbocycles. The van der Waals surface area contributed by atoms with Crippen molar-refractivity contribution < 1.29 is 19.4 Å². The maximum Gasteiger partial charge on any atom is 0.326 e. The van der Waals surface area contributed by atoms with E-state index in [1.807, 2.05) is 0 Å². The highest BCUT2D eigenvalue weighted by Gasteiger charge is 2.37. The average Bonchev–Trinajstić information content (AvgIpc) is 2.88. The van der Waals surface area contributed by atoms with Gasteiger partial charge in [0.05, 0.1) is 5.69 Å². The highest BCUT2D eigenvalue weighted by Crippen LogP contribution is 2.37. The van der Waals surface area contributed by atoms with E-state index >= 15 is 0 Å². The van der Waals surface area contributed by atoms with E-state index in [0.29, 0.717) is 18.9 Å².